The molecule has 0 fully saturated rings. The third kappa shape index (κ3) is 5.32. The first-order chi connectivity index (χ1) is 14.1. The van der Waals surface area contributed by atoms with Crippen molar-refractivity contribution in [3.63, 3.8) is 0 Å². The zero-order chi connectivity index (χ0) is 22.5. The molecule has 3 N–H and O–H groups in total. The molecule has 0 saturated heterocycles. The van der Waals surface area contributed by atoms with E-state index in [0.717, 1.165) is 9.87 Å². The van der Waals surface area contributed by atoms with E-state index in [1.54, 1.807) is 26.0 Å². The molecule has 0 unspecified atom stereocenters. The fourth-order valence-corrected chi connectivity index (χ4v) is 3.77. The van der Waals surface area contributed by atoms with Crippen LogP contribution < -0.4 is 5.73 Å². The number of benzene rings is 1. The summed E-state index contributed by atoms with van der Waals surface area (Å²) in [5.74, 6) is -0.974. The van der Waals surface area contributed by atoms with Crippen LogP contribution in [0.2, 0.25) is 0 Å². The van der Waals surface area contributed by atoms with Crippen molar-refractivity contribution in [1.82, 2.24) is 14.1 Å². The normalized spacial score (nSPS) is 12.4. The number of hydrogen-bond donors (Lipinski definition) is 1. The van der Waals surface area contributed by atoms with E-state index in [4.69, 9.17) is 4.74 Å². The van der Waals surface area contributed by atoms with Crippen LogP contribution in [0.25, 0.3) is 0 Å². The van der Waals surface area contributed by atoms with Gasteiger partial charge in [0.2, 0.25) is 10.0 Å². The van der Waals surface area contributed by atoms with Gasteiger partial charge < -0.3 is 10.5 Å². The predicted molar refractivity (Wildman–Crippen MR) is 110 cm³/mol. The molecule has 10 heteroatoms. The van der Waals surface area contributed by atoms with E-state index in [9.17, 15) is 17.6 Å². The maximum absolute atomic E-state index is 14.0. The number of rotatable bonds is 9. The Morgan fingerprint density at radius 3 is 2.47 bits per heavy atom. The Morgan fingerprint density at radius 2 is 1.93 bits per heavy atom. The Kier molecular flexibility index (Phi) is 7.88. The summed E-state index contributed by atoms with van der Waals surface area (Å²) < 4.78 is 46.1. The average Bonchev–Trinajstić information content (AvgIpc) is 2.98. The Labute approximate surface area is 176 Å². The second-order valence-corrected chi connectivity index (χ2v) is 8.99. The molecule has 8 nitrogen and oxygen atoms in total. The van der Waals surface area contributed by atoms with Crippen LogP contribution in [0.5, 0.6) is 0 Å². The van der Waals surface area contributed by atoms with Gasteiger partial charge in [0.15, 0.2) is 5.69 Å². The lowest BCUT2D eigenvalue weighted by Gasteiger charge is -2.12. The topological polar surface area (TPSA) is 109 Å². The van der Waals surface area contributed by atoms with Gasteiger partial charge in [0.1, 0.15) is 5.83 Å². The van der Waals surface area contributed by atoms with Gasteiger partial charge in [-0.25, -0.2) is 21.9 Å². The highest BCUT2D eigenvalue weighted by Gasteiger charge is 2.23. The summed E-state index contributed by atoms with van der Waals surface area (Å²) in [6, 6.07) is 6.41. The Bertz CT molecular complexity index is 1030. The average molecular weight is 440 g/mol. The zero-order valence-electron chi connectivity index (χ0n) is 17.7. The lowest BCUT2D eigenvalue weighted by molar-refractivity contribution is -0.353. The molecule has 1 aromatic heterocycles. The number of ether oxygens (including phenoxy) is 1. The fourth-order valence-electron chi connectivity index (χ4n) is 2.87. The van der Waals surface area contributed by atoms with Crippen LogP contribution in [0.3, 0.4) is 0 Å². The molecule has 1 aromatic carbocycles. The second kappa shape index (κ2) is 9.96. The standard InChI is InChI=1S/C20H27FN4O4S/c1-5-29-20(26)19-18(14(2)25(23-19)13-16(21)10-11-22)12-15-6-8-17(9-7-15)30(27,28)24(3)4/h6-10H,5,11-13,22H2,1-4H3/p+1/b16-10-. The van der Waals surface area contributed by atoms with Crippen molar-refractivity contribution >= 4 is 16.0 Å². The van der Waals surface area contributed by atoms with Gasteiger partial charge in [-0.1, -0.05) is 12.1 Å². The SMILES string of the molecule is CCOC(=O)c1nn(C/C(F)=C/C[NH3+])c(C)c1Cc1ccc(S(=O)(=O)N(C)C)cc1. The van der Waals surface area contributed by atoms with Gasteiger partial charge in [-0.3, -0.25) is 4.68 Å². The lowest BCUT2D eigenvalue weighted by atomic mass is 10.0. The number of aromatic nitrogens is 2. The number of nitrogens with zero attached hydrogens (tertiary/aromatic N) is 3. The summed E-state index contributed by atoms with van der Waals surface area (Å²) >= 11 is 0. The number of carbonyl (C=O) groups excluding carboxylic acids is 1. The largest absolute Gasteiger partial charge is 0.461 e. The summed E-state index contributed by atoms with van der Waals surface area (Å²) in [4.78, 5) is 12.6. The molecular weight excluding hydrogens is 411 g/mol. The molecule has 0 spiro atoms. The lowest BCUT2D eigenvalue weighted by Crippen LogP contribution is -2.49. The minimum atomic E-state index is -3.53. The van der Waals surface area contributed by atoms with Gasteiger partial charge in [-0.15, -0.1) is 0 Å². The van der Waals surface area contributed by atoms with Gasteiger partial charge in [0.05, 0.1) is 24.6 Å². The number of esters is 1. The van der Waals surface area contributed by atoms with E-state index in [-0.39, 0.29) is 23.7 Å². The minimum absolute atomic E-state index is 0.103. The van der Waals surface area contributed by atoms with Gasteiger partial charge in [-0.05, 0) is 31.5 Å². The monoisotopic (exact) mass is 439 g/mol. The van der Waals surface area contributed by atoms with Crippen LogP contribution >= 0.6 is 0 Å². The number of hydrogen-bond acceptors (Lipinski definition) is 5. The van der Waals surface area contributed by atoms with Crippen molar-refractivity contribution in [2.24, 2.45) is 0 Å². The van der Waals surface area contributed by atoms with Crippen LogP contribution in [-0.4, -0.2) is 55.7 Å². The molecule has 2 rings (SSSR count). The quantitative estimate of drug-likeness (QED) is 0.593. The van der Waals surface area contributed by atoms with Crippen molar-refractivity contribution in [1.29, 1.82) is 0 Å². The minimum Gasteiger partial charge on any atom is -0.461 e. The van der Waals surface area contributed by atoms with Crippen LogP contribution in [0.1, 0.15) is 34.2 Å². The molecule has 0 bridgehead atoms. The van der Waals surface area contributed by atoms with Gasteiger partial charge >= 0.3 is 5.97 Å². The molecule has 30 heavy (non-hydrogen) atoms. The van der Waals surface area contributed by atoms with Crippen LogP contribution in [0, 0.1) is 6.92 Å². The highest BCUT2D eigenvalue weighted by molar-refractivity contribution is 7.89. The molecule has 0 atom stereocenters. The summed E-state index contributed by atoms with van der Waals surface area (Å²) in [5.41, 5.74) is 5.75. The highest BCUT2D eigenvalue weighted by atomic mass is 32.2. The van der Waals surface area contributed by atoms with E-state index in [1.807, 2.05) is 0 Å². The third-order valence-corrected chi connectivity index (χ3v) is 6.38. The predicted octanol–water partition coefficient (Wildman–Crippen LogP) is 1.30. The van der Waals surface area contributed by atoms with E-state index >= 15 is 0 Å². The smallest absolute Gasteiger partial charge is 0.359 e. The van der Waals surface area contributed by atoms with Crippen molar-refractivity contribution in [2.45, 2.75) is 31.7 Å². The molecule has 164 valence electrons. The molecule has 0 aliphatic rings. The van der Waals surface area contributed by atoms with E-state index < -0.39 is 21.8 Å². The molecule has 0 radical (unpaired) electrons. The summed E-state index contributed by atoms with van der Waals surface area (Å²) in [6.45, 7) is 3.85. The van der Waals surface area contributed by atoms with E-state index in [2.05, 4.69) is 10.8 Å². The van der Waals surface area contributed by atoms with Crippen molar-refractivity contribution in [3.8, 4) is 0 Å². The number of quaternary nitrogens is 1. The van der Waals surface area contributed by atoms with Crippen molar-refractivity contribution in [3.05, 3.63) is 58.7 Å². The molecule has 0 aliphatic heterocycles. The number of sulfonamides is 1. The number of carbonyl (C=O) groups is 1. The van der Waals surface area contributed by atoms with Crippen LogP contribution in [0.4, 0.5) is 4.39 Å². The maximum atomic E-state index is 14.0. The number of halogens is 1. The summed E-state index contributed by atoms with van der Waals surface area (Å²) in [6.07, 6.45) is 1.68. The molecule has 0 amide bonds. The van der Waals surface area contributed by atoms with Gasteiger partial charge in [0.25, 0.3) is 0 Å². The molecule has 0 saturated carbocycles. The molecule has 2 aromatic rings. The van der Waals surface area contributed by atoms with Crippen molar-refractivity contribution < 1.29 is 28.1 Å². The number of allylic oxidation sites excluding steroid dienone is 1. The van der Waals surface area contributed by atoms with Gasteiger partial charge in [-0.2, -0.15) is 5.10 Å². The molecule has 1 heterocycles. The second-order valence-electron chi connectivity index (χ2n) is 6.84. The summed E-state index contributed by atoms with van der Waals surface area (Å²) in [7, 11) is -0.595. The first-order valence-corrected chi connectivity index (χ1v) is 10.9. The third-order valence-electron chi connectivity index (χ3n) is 4.55. The first-order valence-electron chi connectivity index (χ1n) is 9.50. The maximum Gasteiger partial charge on any atom is 0.359 e. The van der Waals surface area contributed by atoms with E-state index in [1.165, 1.54) is 37.0 Å². The molecular formula is C20H28FN4O4S+. The zero-order valence-corrected chi connectivity index (χ0v) is 18.5. The highest BCUT2D eigenvalue weighted by Crippen LogP contribution is 2.22. The first kappa shape index (κ1) is 23.7. The Morgan fingerprint density at radius 1 is 1.30 bits per heavy atom. The summed E-state index contributed by atoms with van der Waals surface area (Å²) in [5, 5.41) is 4.27. The van der Waals surface area contributed by atoms with E-state index in [0.29, 0.717) is 24.2 Å². The van der Waals surface area contributed by atoms with Crippen LogP contribution in [-0.2, 0) is 27.7 Å². The van der Waals surface area contributed by atoms with Gasteiger partial charge in [0, 0.05) is 37.8 Å². The van der Waals surface area contributed by atoms with Crippen molar-refractivity contribution in [2.75, 3.05) is 27.2 Å². The molecule has 0 aliphatic carbocycles. The Balaban J connectivity index is 2.41. The fraction of sp³-hybridized carbons (Fsp3) is 0.400. The van der Waals surface area contributed by atoms with Crippen LogP contribution in [0.15, 0.2) is 41.1 Å². The Hall–Kier alpha value is -2.56.